The lowest BCUT2D eigenvalue weighted by Gasteiger charge is -2.16. The monoisotopic (exact) mass is 425 g/mol. The summed E-state index contributed by atoms with van der Waals surface area (Å²) in [4.78, 5) is 36.7. The second-order valence-electron chi connectivity index (χ2n) is 7.34. The lowest BCUT2D eigenvalue weighted by atomic mass is 10.0. The Morgan fingerprint density at radius 2 is 1.90 bits per heavy atom. The van der Waals surface area contributed by atoms with E-state index in [4.69, 9.17) is 4.74 Å². The zero-order valence-electron chi connectivity index (χ0n) is 16.9. The van der Waals surface area contributed by atoms with Gasteiger partial charge in [-0.3, -0.25) is 14.2 Å². The van der Waals surface area contributed by atoms with Gasteiger partial charge in [-0.2, -0.15) is 0 Å². The van der Waals surface area contributed by atoms with Gasteiger partial charge >= 0.3 is 0 Å². The summed E-state index contributed by atoms with van der Waals surface area (Å²) < 4.78 is 7.34. The largest absolute Gasteiger partial charge is 0.388 e. The van der Waals surface area contributed by atoms with Gasteiger partial charge in [0.1, 0.15) is 24.3 Å². The molecule has 0 saturated carbocycles. The van der Waals surface area contributed by atoms with Gasteiger partial charge in [0.25, 0.3) is 5.91 Å². The third-order valence-electron chi connectivity index (χ3n) is 5.34. The second-order valence-corrected chi connectivity index (χ2v) is 7.34. The Kier molecular flexibility index (Phi) is 6.03. The minimum absolute atomic E-state index is 0.0633. The number of ketones is 1. The van der Waals surface area contributed by atoms with Crippen molar-refractivity contribution in [2.24, 2.45) is 0 Å². The Bertz CT molecular complexity index is 1090. The number of rotatable bonds is 7. The molecule has 3 N–H and O–H groups in total. The molecule has 1 unspecified atom stereocenters. The first-order valence-corrected chi connectivity index (χ1v) is 10.1. The van der Waals surface area contributed by atoms with Crippen LogP contribution in [0.15, 0.2) is 43.0 Å². The van der Waals surface area contributed by atoms with Crippen molar-refractivity contribution in [2.75, 3.05) is 5.32 Å². The summed E-state index contributed by atoms with van der Waals surface area (Å²) in [5.74, 6) is -0.0625. The van der Waals surface area contributed by atoms with Crippen LogP contribution in [0.4, 0.5) is 5.82 Å². The number of carbonyl (C=O) groups is 2. The molecule has 1 amide bonds. The fourth-order valence-corrected chi connectivity index (χ4v) is 3.58. The molecule has 31 heavy (non-hydrogen) atoms. The fraction of sp³-hybridized carbons (Fsp3) is 0.381. The van der Waals surface area contributed by atoms with Crippen LogP contribution in [0.2, 0.25) is 0 Å². The van der Waals surface area contributed by atoms with Gasteiger partial charge in [-0.1, -0.05) is 25.1 Å². The van der Waals surface area contributed by atoms with Gasteiger partial charge in [-0.15, -0.1) is 0 Å². The summed E-state index contributed by atoms with van der Waals surface area (Å²) in [5, 5.41) is 23.6. The SMILES string of the molecule is CCC(=O)CC[C@H]1O[C@@H](n2cnc3c(NC(=O)c4ccccc4)ncnc32)C(O)[C@H]1O. The van der Waals surface area contributed by atoms with Crippen LogP contribution in [0.25, 0.3) is 11.2 Å². The van der Waals surface area contributed by atoms with Gasteiger partial charge in [0.05, 0.1) is 12.4 Å². The number of aromatic nitrogens is 4. The summed E-state index contributed by atoms with van der Waals surface area (Å²) in [5.41, 5.74) is 1.12. The number of hydrogen-bond donors (Lipinski definition) is 3. The van der Waals surface area contributed by atoms with E-state index in [-0.39, 0.29) is 23.9 Å². The minimum Gasteiger partial charge on any atom is -0.388 e. The molecule has 3 aromatic rings. The molecule has 0 aliphatic carbocycles. The molecule has 4 rings (SSSR count). The smallest absolute Gasteiger partial charge is 0.256 e. The van der Waals surface area contributed by atoms with Crippen molar-refractivity contribution < 1.29 is 24.5 Å². The summed E-state index contributed by atoms with van der Waals surface area (Å²) in [6, 6.07) is 8.69. The number of fused-ring (bicyclic) bond motifs is 1. The van der Waals surface area contributed by atoms with Crippen LogP contribution in [0.3, 0.4) is 0 Å². The normalized spacial score (nSPS) is 23.2. The van der Waals surface area contributed by atoms with Crippen molar-refractivity contribution in [3.63, 3.8) is 0 Å². The average molecular weight is 425 g/mol. The molecule has 1 aromatic carbocycles. The van der Waals surface area contributed by atoms with E-state index in [1.54, 1.807) is 31.2 Å². The Morgan fingerprint density at radius 1 is 1.13 bits per heavy atom. The minimum atomic E-state index is -1.23. The van der Waals surface area contributed by atoms with E-state index < -0.39 is 24.5 Å². The van der Waals surface area contributed by atoms with Gasteiger partial charge in [0.2, 0.25) is 0 Å². The first-order valence-electron chi connectivity index (χ1n) is 10.1. The zero-order valence-corrected chi connectivity index (χ0v) is 16.9. The quantitative estimate of drug-likeness (QED) is 0.517. The Balaban J connectivity index is 1.56. The van der Waals surface area contributed by atoms with Gasteiger partial charge in [0, 0.05) is 18.4 Å². The van der Waals surface area contributed by atoms with Crippen molar-refractivity contribution in [1.29, 1.82) is 0 Å². The van der Waals surface area contributed by atoms with Crippen molar-refractivity contribution in [3.05, 3.63) is 48.5 Å². The van der Waals surface area contributed by atoms with E-state index in [0.717, 1.165) is 0 Å². The Morgan fingerprint density at radius 3 is 2.65 bits per heavy atom. The number of amides is 1. The standard InChI is InChI=1S/C21H23N5O5/c1-2-13(27)8-9-14-16(28)17(29)21(31-14)26-11-24-15-18(22-10-23-19(15)26)25-20(30)12-6-4-3-5-7-12/h3-7,10-11,14,16-17,21,28-29H,2,8-9H2,1H3,(H,22,23,25,30)/t14-,16+,17?,21-/m1/s1. The zero-order chi connectivity index (χ0) is 22.0. The van der Waals surface area contributed by atoms with Crippen molar-refractivity contribution in [2.45, 2.75) is 50.7 Å². The number of imidazole rings is 1. The molecule has 10 nitrogen and oxygen atoms in total. The van der Waals surface area contributed by atoms with E-state index in [1.807, 2.05) is 6.07 Å². The maximum absolute atomic E-state index is 12.5. The highest BCUT2D eigenvalue weighted by molar-refractivity contribution is 6.06. The first kappa shape index (κ1) is 21.0. The number of Topliss-reactive ketones (excluding diaryl/α,β-unsaturated/α-hetero) is 1. The number of ether oxygens (including phenoxy) is 1. The van der Waals surface area contributed by atoms with Gasteiger partial charge in [-0.25, -0.2) is 15.0 Å². The van der Waals surface area contributed by atoms with E-state index >= 15 is 0 Å². The molecule has 1 aliphatic heterocycles. The Hall–Kier alpha value is -3.21. The highest BCUT2D eigenvalue weighted by Gasteiger charge is 2.44. The lowest BCUT2D eigenvalue weighted by Crippen LogP contribution is -2.31. The van der Waals surface area contributed by atoms with Crippen LogP contribution < -0.4 is 5.32 Å². The molecular formula is C21H23N5O5. The predicted octanol–water partition coefficient (Wildman–Crippen LogP) is 1.46. The molecule has 0 spiro atoms. The first-order chi connectivity index (χ1) is 15.0. The maximum atomic E-state index is 12.5. The third kappa shape index (κ3) is 4.18. The van der Waals surface area contributed by atoms with Crippen LogP contribution in [-0.4, -0.2) is 59.7 Å². The van der Waals surface area contributed by atoms with Crippen molar-refractivity contribution >= 4 is 28.7 Å². The number of benzene rings is 1. The molecule has 1 aliphatic rings. The topological polar surface area (TPSA) is 139 Å². The number of anilines is 1. The van der Waals surface area contributed by atoms with Crippen molar-refractivity contribution in [1.82, 2.24) is 19.5 Å². The van der Waals surface area contributed by atoms with Gasteiger partial charge in [0.15, 0.2) is 23.2 Å². The van der Waals surface area contributed by atoms with E-state index in [9.17, 15) is 19.8 Å². The summed E-state index contributed by atoms with van der Waals surface area (Å²) >= 11 is 0. The molecular weight excluding hydrogens is 402 g/mol. The molecule has 1 fully saturated rings. The maximum Gasteiger partial charge on any atom is 0.256 e. The molecule has 162 valence electrons. The lowest BCUT2D eigenvalue weighted by molar-refractivity contribution is -0.120. The number of hydrogen-bond acceptors (Lipinski definition) is 8. The number of nitrogens with one attached hydrogen (secondary N) is 1. The van der Waals surface area contributed by atoms with Crippen LogP contribution in [-0.2, 0) is 9.53 Å². The predicted molar refractivity (Wildman–Crippen MR) is 110 cm³/mol. The number of carbonyl (C=O) groups excluding carboxylic acids is 2. The second kappa shape index (κ2) is 8.88. The molecule has 1 saturated heterocycles. The van der Waals surface area contributed by atoms with Gasteiger partial charge < -0.3 is 20.3 Å². The summed E-state index contributed by atoms with van der Waals surface area (Å²) in [6.45, 7) is 1.78. The number of nitrogens with zero attached hydrogens (tertiary/aromatic N) is 4. The van der Waals surface area contributed by atoms with Crippen LogP contribution in [0.5, 0.6) is 0 Å². The third-order valence-corrected chi connectivity index (χ3v) is 5.34. The Labute approximate surface area is 177 Å². The fourth-order valence-electron chi connectivity index (χ4n) is 3.58. The highest BCUT2D eigenvalue weighted by Crippen LogP contribution is 2.34. The molecule has 4 atom stereocenters. The molecule has 3 heterocycles. The van der Waals surface area contributed by atoms with Crippen LogP contribution in [0, 0.1) is 0 Å². The molecule has 0 radical (unpaired) electrons. The molecule has 2 aromatic heterocycles. The summed E-state index contributed by atoms with van der Waals surface area (Å²) in [6.07, 6.45) is -0.325. The van der Waals surface area contributed by atoms with Crippen LogP contribution >= 0.6 is 0 Å². The summed E-state index contributed by atoms with van der Waals surface area (Å²) in [7, 11) is 0. The van der Waals surface area contributed by atoms with E-state index in [2.05, 4.69) is 20.3 Å². The molecule has 10 heteroatoms. The number of aliphatic hydroxyl groups excluding tert-OH is 2. The van der Waals surface area contributed by atoms with E-state index in [0.29, 0.717) is 29.6 Å². The van der Waals surface area contributed by atoms with Crippen LogP contribution in [0.1, 0.15) is 42.8 Å². The average Bonchev–Trinajstić information content (AvgIpc) is 3.34. The van der Waals surface area contributed by atoms with Crippen molar-refractivity contribution in [3.8, 4) is 0 Å². The highest BCUT2D eigenvalue weighted by atomic mass is 16.6. The number of aliphatic hydroxyl groups is 2. The van der Waals surface area contributed by atoms with Gasteiger partial charge in [-0.05, 0) is 18.6 Å². The van der Waals surface area contributed by atoms with E-state index in [1.165, 1.54) is 17.2 Å². The molecule has 0 bridgehead atoms.